The van der Waals surface area contributed by atoms with Crippen LogP contribution < -0.4 is 11.1 Å². The number of nitrogens with one attached hydrogen (secondary N) is 1. The predicted octanol–water partition coefficient (Wildman–Crippen LogP) is 3.05. The smallest absolute Gasteiger partial charge is 0.409 e. The third-order valence-electron chi connectivity index (χ3n) is 1.82. The maximum absolute atomic E-state index is 10.1. The molecule has 0 unspecified atom stereocenters. The first-order valence-corrected chi connectivity index (χ1v) is 5.04. The Morgan fingerprint density at radius 1 is 0.941 bits per heavy atom. The van der Waals surface area contributed by atoms with Crippen LogP contribution in [0.15, 0.2) is 60.7 Å². The summed E-state index contributed by atoms with van der Waals surface area (Å²) < 4.78 is 0. The first-order chi connectivity index (χ1) is 8.18. The molecule has 0 aliphatic carbocycles. The zero-order valence-corrected chi connectivity index (χ0v) is 9.21. The van der Waals surface area contributed by atoms with Crippen molar-refractivity contribution in [3.8, 4) is 0 Å². The van der Waals surface area contributed by atoms with Crippen LogP contribution >= 0.6 is 0 Å². The minimum absolute atomic E-state index is 0.593. The van der Waals surface area contributed by atoms with Crippen molar-refractivity contribution in [2.45, 2.75) is 0 Å². The first-order valence-electron chi connectivity index (χ1n) is 5.04. The second-order valence-electron chi connectivity index (χ2n) is 3.21. The van der Waals surface area contributed by atoms with Gasteiger partial charge in [0.05, 0.1) is 0 Å². The predicted molar refractivity (Wildman–Crippen MR) is 68.9 cm³/mol. The number of carboxylic acid groups (broad SMARTS) is 1. The van der Waals surface area contributed by atoms with Gasteiger partial charge < -0.3 is 10.8 Å². The van der Waals surface area contributed by atoms with E-state index in [4.69, 9.17) is 10.8 Å². The first kappa shape index (κ1) is 12.6. The molecule has 2 aromatic carbocycles. The van der Waals surface area contributed by atoms with Gasteiger partial charge in [0.15, 0.2) is 0 Å². The fourth-order valence-corrected chi connectivity index (χ4v) is 1.10. The molecule has 0 spiro atoms. The molecule has 88 valence electrons. The molecule has 2 aromatic rings. The van der Waals surface area contributed by atoms with E-state index < -0.39 is 6.09 Å². The van der Waals surface area contributed by atoms with Gasteiger partial charge in [0.1, 0.15) is 0 Å². The van der Waals surface area contributed by atoms with E-state index >= 15 is 0 Å². The molecule has 4 N–H and O–H groups in total. The minimum Gasteiger partial charge on any atom is -0.465 e. The Morgan fingerprint density at radius 2 is 1.41 bits per heavy atom. The monoisotopic (exact) mass is 230 g/mol. The van der Waals surface area contributed by atoms with Crippen molar-refractivity contribution in [1.82, 2.24) is 0 Å². The van der Waals surface area contributed by atoms with E-state index in [1.807, 2.05) is 36.4 Å². The Labute approximate surface area is 99.7 Å². The highest BCUT2D eigenvalue weighted by Crippen LogP contribution is 2.03. The van der Waals surface area contributed by atoms with Crippen molar-refractivity contribution < 1.29 is 9.90 Å². The minimum atomic E-state index is -1.04. The molecular formula is C13H14N2O2. The van der Waals surface area contributed by atoms with Crippen LogP contribution in [0.25, 0.3) is 0 Å². The molecule has 2 rings (SSSR count). The molecule has 0 bridgehead atoms. The van der Waals surface area contributed by atoms with Crippen molar-refractivity contribution in [2.75, 3.05) is 11.1 Å². The average molecular weight is 230 g/mol. The quantitative estimate of drug-likeness (QED) is 0.659. The maximum Gasteiger partial charge on any atom is 0.409 e. The van der Waals surface area contributed by atoms with E-state index in [1.54, 1.807) is 24.3 Å². The summed E-state index contributed by atoms with van der Waals surface area (Å²) in [7, 11) is 0. The second kappa shape index (κ2) is 6.90. The average Bonchev–Trinajstić information content (AvgIpc) is 2.31. The molecule has 4 nitrogen and oxygen atoms in total. The topological polar surface area (TPSA) is 75.4 Å². The van der Waals surface area contributed by atoms with Crippen molar-refractivity contribution in [3.05, 3.63) is 60.7 Å². The Hall–Kier alpha value is -2.49. The molecule has 0 fully saturated rings. The number of carbonyl (C=O) groups is 1. The van der Waals surface area contributed by atoms with Crippen molar-refractivity contribution >= 4 is 17.5 Å². The number of nitrogen functional groups attached to an aromatic ring is 1. The van der Waals surface area contributed by atoms with Gasteiger partial charge in [-0.15, -0.1) is 0 Å². The van der Waals surface area contributed by atoms with E-state index in [0.29, 0.717) is 5.69 Å². The fraction of sp³-hybridized carbons (Fsp3) is 0. The highest BCUT2D eigenvalue weighted by molar-refractivity contribution is 5.82. The second-order valence-corrected chi connectivity index (χ2v) is 3.21. The van der Waals surface area contributed by atoms with Gasteiger partial charge in [-0.25, -0.2) is 4.79 Å². The summed E-state index contributed by atoms with van der Waals surface area (Å²) in [5.41, 5.74) is 6.77. The molecule has 0 radical (unpaired) electrons. The number of nitrogens with two attached hydrogens (primary N) is 1. The van der Waals surface area contributed by atoms with E-state index in [2.05, 4.69) is 5.32 Å². The van der Waals surface area contributed by atoms with E-state index in [0.717, 1.165) is 5.69 Å². The number of hydrogen-bond acceptors (Lipinski definition) is 2. The molecule has 17 heavy (non-hydrogen) atoms. The van der Waals surface area contributed by atoms with Gasteiger partial charge in [0.2, 0.25) is 0 Å². The Bertz CT molecular complexity index is 443. The summed E-state index contributed by atoms with van der Waals surface area (Å²) in [6.45, 7) is 0. The molecular weight excluding hydrogens is 216 g/mol. The van der Waals surface area contributed by atoms with E-state index in [9.17, 15) is 4.79 Å². The molecule has 0 aliphatic rings. The van der Waals surface area contributed by atoms with Crippen LogP contribution in [0, 0.1) is 0 Å². The van der Waals surface area contributed by atoms with Crippen LogP contribution in [0.3, 0.4) is 0 Å². The maximum atomic E-state index is 10.1. The Kier molecular flexibility index (Phi) is 5.10. The van der Waals surface area contributed by atoms with Crippen molar-refractivity contribution in [1.29, 1.82) is 0 Å². The number of hydrogen-bond donors (Lipinski definition) is 3. The zero-order chi connectivity index (χ0) is 12.5. The number of para-hydroxylation sites is 2. The summed E-state index contributed by atoms with van der Waals surface area (Å²) in [5.74, 6) is 0. The fourth-order valence-electron chi connectivity index (χ4n) is 1.10. The van der Waals surface area contributed by atoms with Gasteiger partial charge in [-0.1, -0.05) is 36.4 Å². The van der Waals surface area contributed by atoms with Gasteiger partial charge in [-0.2, -0.15) is 0 Å². The SMILES string of the molecule is Nc1ccccc1.O=C(O)Nc1ccccc1. The lowest BCUT2D eigenvalue weighted by atomic mass is 10.3. The normalized spacial score (nSPS) is 8.71. The van der Waals surface area contributed by atoms with Crippen molar-refractivity contribution in [3.63, 3.8) is 0 Å². The molecule has 0 saturated heterocycles. The molecule has 0 aliphatic heterocycles. The summed E-state index contributed by atoms with van der Waals surface area (Å²) in [5, 5.41) is 10.5. The van der Waals surface area contributed by atoms with Crippen LogP contribution in [0.4, 0.5) is 16.2 Å². The molecule has 4 heteroatoms. The highest BCUT2D eigenvalue weighted by Gasteiger charge is 1.93. The molecule has 0 aromatic heterocycles. The van der Waals surface area contributed by atoms with Gasteiger partial charge >= 0.3 is 6.09 Å². The van der Waals surface area contributed by atoms with Crippen LogP contribution in [0.2, 0.25) is 0 Å². The number of rotatable bonds is 1. The Balaban J connectivity index is 0.000000181. The number of benzene rings is 2. The van der Waals surface area contributed by atoms with Crippen LogP contribution in [-0.4, -0.2) is 11.2 Å². The summed E-state index contributed by atoms with van der Waals surface area (Å²) in [6.07, 6.45) is -1.04. The van der Waals surface area contributed by atoms with Gasteiger partial charge in [0.25, 0.3) is 0 Å². The lowest BCUT2D eigenvalue weighted by Gasteiger charge is -1.96. The number of amides is 1. The van der Waals surface area contributed by atoms with Crippen LogP contribution in [-0.2, 0) is 0 Å². The largest absolute Gasteiger partial charge is 0.465 e. The van der Waals surface area contributed by atoms with Crippen molar-refractivity contribution in [2.24, 2.45) is 0 Å². The molecule has 0 heterocycles. The lowest BCUT2D eigenvalue weighted by molar-refractivity contribution is 0.210. The van der Waals surface area contributed by atoms with Crippen LogP contribution in [0.1, 0.15) is 0 Å². The van der Waals surface area contributed by atoms with E-state index in [1.165, 1.54) is 0 Å². The summed E-state index contributed by atoms with van der Waals surface area (Å²) in [6, 6.07) is 18.2. The molecule has 0 atom stereocenters. The standard InChI is InChI=1S/C7H7NO2.C6H7N/c9-7(10)8-6-4-2-1-3-5-6;7-6-4-2-1-3-5-6/h1-5,8H,(H,9,10);1-5H,7H2. The van der Waals surface area contributed by atoms with Gasteiger partial charge in [-0.05, 0) is 24.3 Å². The number of anilines is 2. The summed E-state index contributed by atoms with van der Waals surface area (Å²) in [4.78, 5) is 10.1. The highest BCUT2D eigenvalue weighted by atomic mass is 16.4. The molecule has 0 saturated carbocycles. The molecule has 1 amide bonds. The summed E-state index contributed by atoms with van der Waals surface area (Å²) >= 11 is 0. The van der Waals surface area contributed by atoms with Crippen LogP contribution in [0.5, 0.6) is 0 Å². The third-order valence-corrected chi connectivity index (χ3v) is 1.82. The van der Waals surface area contributed by atoms with E-state index in [-0.39, 0.29) is 0 Å². The third kappa shape index (κ3) is 5.84. The lowest BCUT2D eigenvalue weighted by Crippen LogP contribution is -2.06. The zero-order valence-electron chi connectivity index (χ0n) is 9.21. The van der Waals surface area contributed by atoms with Gasteiger partial charge in [-0.3, -0.25) is 5.32 Å². The van der Waals surface area contributed by atoms with Gasteiger partial charge in [0, 0.05) is 11.4 Å². The Morgan fingerprint density at radius 3 is 1.76 bits per heavy atom.